The molecular weight excluding hydrogens is 414 g/mol. The molecule has 4 N–H and O–H groups in total. The average Bonchev–Trinajstić information content (AvgIpc) is 2.81. The van der Waals surface area contributed by atoms with E-state index in [1.807, 2.05) is 32.0 Å². The zero-order chi connectivity index (χ0) is 23.8. The number of nitrogens with one attached hydrogen (secondary N) is 1. The van der Waals surface area contributed by atoms with Crippen LogP contribution in [0.3, 0.4) is 0 Å². The number of amides is 2. The minimum Gasteiger partial charge on any atom is -0.508 e. The van der Waals surface area contributed by atoms with Crippen LogP contribution in [-0.4, -0.2) is 34.0 Å². The summed E-state index contributed by atoms with van der Waals surface area (Å²) in [4.78, 5) is 26.4. The molecule has 0 aliphatic heterocycles. The molecule has 0 heterocycles. The molecule has 0 aromatic heterocycles. The number of carbonyl (C=O) groups is 2. The van der Waals surface area contributed by atoms with Gasteiger partial charge in [0.1, 0.15) is 11.3 Å². The summed E-state index contributed by atoms with van der Waals surface area (Å²) >= 11 is 0. The van der Waals surface area contributed by atoms with Crippen molar-refractivity contribution in [3.05, 3.63) is 64.7 Å². The first-order valence-electron chi connectivity index (χ1n) is 12.0. The van der Waals surface area contributed by atoms with E-state index in [1.54, 1.807) is 12.1 Å². The van der Waals surface area contributed by atoms with Crippen LogP contribution in [0.5, 0.6) is 5.75 Å². The van der Waals surface area contributed by atoms with E-state index >= 15 is 0 Å². The Balaban J connectivity index is 1.61. The zero-order valence-electron chi connectivity index (χ0n) is 19.9. The summed E-state index contributed by atoms with van der Waals surface area (Å²) in [7, 11) is 0. The fraction of sp³-hybridized carbons (Fsp3) is 0.481. The number of hydrogen-bond acceptors (Lipinski definition) is 4. The van der Waals surface area contributed by atoms with E-state index in [0.717, 1.165) is 48.8 Å². The highest BCUT2D eigenvalue weighted by atomic mass is 16.3. The maximum absolute atomic E-state index is 13.3. The van der Waals surface area contributed by atoms with Gasteiger partial charge in [-0.05, 0) is 80.3 Å². The summed E-state index contributed by atoms with van der Waals surface area (Å²) in [5.74, 6) is 6.24. The summed E-state index contributed by atoms with van der Waals surface area (Å²) in [6.07, 6.45) is 6.49. The van der Waals surface area contributed by atoms with Crippen LogP contribution in [0.2, 0.25) is 0 Å². The van der Waals surface area contributed by atoms with E-state index in [0.29, 0.717) is 25.8 Å². The van der Waals surface area contributed by atoms with Crippen molar-refractivity contribution in [3.8, 4) is 5.75 Å². The van der Waals surface area contributed by atoms with Crippen LogP contribution in [0.4, 0.5) is 0 Å². The van der Waals surface area contributed by atoms with Gasteiger partial charge >= 0.3 is 0 Å². The van der Waals surface area contributed by atoms with E-state index in [4.69, 9.17) is 5.84 Å². The fourth-order valence-electron chi connectivity index (χ4n) is 4.97. The number of hydrazine groups is 1. The van der Waals surface area contributed by atoms with Gasteiger partial charge in [0.2, 0.25) is 11.8 Å². The van der Waals surface area contributed by atoms with Crippen LogP contribution in [-0.2, 0) is 22.4 Å². The van der Waals surface area contributed by atoms with Gasteiger partial charge < -0.3 is 10.4 Å². The van der Waals surface area contributed by atoms with Crippen molar-refractivity contribution in [1.82, 2.24) is 10.3 Å². The molecule has 1 fully saturated rings. The third-order valence-electron chi connectivity index (χ3n) is 6.87. The van der Waals surface area contributed by atoms with Crippen LogP contribution in [0.1, 0.15) is 67.2 Å². The Bertz CT molecular complexity index is 929. The monoisotopic (exact) mass is 451 g/mol. The largest absolute Gasteiger partial charge is 0.508 e. The van der Waals surface area contributed by atoms with E-state index in [-0.39, 0.29) is 24.0 Å². The molecule has 6 heteroatoms. The molecule has 0 unspecified atom stereocenters. The van der Waals surface area contributed by atoms with Crippen molar-refractivity contribution in [1.29, 1.82) is 0 Å². The number of aromatic hydroxyl groups is 1. The molecule has 0 spiro atoms. The Labute approximate surface area is 197 Å². The van der Waals surface area contributed by atoms with Gasteiger partial charge in [-0.3, -0.25) is 14.6 Å². The van der Waals surface area contributed by atoms with Crippen LogP contribution < -0.4 is 11.2 Å². The average molecular weight is 452 g/mol. The number of carbonyl (C=O) groups excluding carboxylic acids is 2. The Hall–Kier alpha value is -2.86. The van der Waals surface area contributed by atoms with Gasteiger partial charge in [-0.1, -0.05) is 49.6 Å². The van der Waals surface area contributed by atoms with E-state index in [9.17, 15) is 14.7 Å². The van der Waals surface area contributed by atoms with Gasteiger partial charge in [-0.25, -0.2) is 5.84 Å². The maximum atomic E-state index is 13.3. The first-order valence-corrected chi connectivity index (χ1v) is 12.0. The Morgan fingerprint density at radius 1 is 1.03 bits per heavy atom. The Kier molecular flexibility index (Phi) is 8.50. The topological polar surface area (TPSA) is 95.7 Å². The molecule has 2 aromatic carbocycles. The lowest BCUT2D eigenvalue weighted by Crippen LogP contribution is -2.64. The second-order valence-corrected chi connectivity index (χ2v) is 9.26. The van der Waals surface area contributed by atoms with E-state index in [2.05, 4.69) is 17.4 Å². The number of phenolic OH excluding ortho intramolecular Hbond substituents is 1. The lowest BCUT2D eigenvalue weighted by molar-refractivity contribution is -0.151. The molecule has 3 rings (SSSR count). The number of nitrogens with zero attached hydrogens (tertiary/aromatic N) is 1. The number of phenols is 1. The van der Waals surface area contributed by atoms with Crippen molar-refractivity contribution in [2.75, 3.05) is 6.54 Å². The van der Waals surface area contributed by atoms with Crippen LogP contribution in [0.25, 0.3) is 0 Å². The van der Waals surface area contributed by atoms with Crippen molar-refractivity contribution >= 4 is 11.8 Å². The second kappa shape index (κ2) is 11.3. The molecule has 1 aliphatic rings. The predicted molar refractivity (Wildman–Crippen MR) is 131 cm³/mol. The first-order chi connectivity index (χ1) is 15.8. The molecule has 1 aliphatic carbocycles. The van der Waals surface area contributed by atoms with Gasteiger partial charge in [0, 0.05) is 13.0 Å². The third kappa shape index (κ3) is 6.14. The number of nitrogens with two attached hydrogens (primary N) is 1. The van der Waals surface area contributed by atoms with Gasteiger partial charge in [-0.2, -0.15) is 0 Å². The summed E-state index contributed by atoms with van der Waals surface area (Å²) in [5.41, 5.74) is 3.22. The second-order valence-electron chi connectivity index (χ2n) is 9.26. The minimum atomic E-state index is -0.971. The highest BCUT2D eigenvalue weighted by Crippen LogP contribution is 2.33. The van der Waals surface area contributed by atoms with Crippen molar-refractivity contribution in [2.24, 2.45) is 5.84 Å². The maximum Gasteiger partial charge on any atom is 0.247 e. The van der Waals surface area contributed by atoms with Crippen LogP contribution in [0.15, 0.2) is 42.5 Å². The fourth-order valence-corrected chi connectivity index (χ4v) is 4.97. The molecule has 0 bridgehead atoms. The predicted octanol–water partition coefficient (Wildman–Crippen LogP) is 4.10. The quantitative estimate of drug-likeness (QED) is 0.232. The lowest BCUT2D eigenvalue weighted by atomic mass is 9.80. The summed E-state index contributed by atoms with van der Waals surface area (Å²) < 4.78 is 0. The first kappa shape index (κ1) is 24.8. The van der Waals surface area contributed by atoms with E-state index < -0.39 is 5.54 Å². The Morgan fingerprint density at radius 2 is 1.67 bits per heavy atom. The zero-order valence-corrected chi connectivity index (χ0v) is 19.9. The summed E-state index contributed by atoms with van der Waals surface area (Å²) in [6, 6.07) is 13.6. The summed E-state index contributed by atoms with van der Waals surface area (Å²) in [5, 5.41) is 14.0. The number of aryl methyl sites for hydroxylation is 3. The SMILES string of the molecule is Cc1cc(O)cc(C)c1CCC(=O)N(N)C1(C(=O)NCCCc2ccccc2)CCCCC1. The lowest BCUT2D eigenvalue weighted by Gasteiger charge is -2.42. The molecule has 0 radical (unpaired) electrons. The molecular formula is C27H37N3O3. The molecule has 1 saturated carbocycles. The normalized spacial score (nSPS) is 15.1. The molecule has 0 saturated heterocycles. The molecule has 2 aromatic rings. The smallest absolute Gasteiger partial charge is 0.247 e. The molecule has 6 nitrogen and oxygen atoms in total. The van der Waals surface area contributed by atoms with Crippen LogP contribution >= 0.6 is 0 Å². The van der Waals surface area contributed by atoms with Gasteiger partial charge in [0.25, 0.3) is 0 Å². The third-order valence-corrected chi connectivity index (χ3v) is 6.87. The van der Waals surface area contributed by atoms with Crippen molar-refractivity contribution in [3.63, 3.8) is 0 Å². The number of benzene rings is 2. The molecule has 33 heavy (non-hydrogen) atoms. The van der Waals surface area contributed by atoms with Gasteiger partial charge in [0.05, 0.1) is 0 Å². The van der Waals surface area contributed by atoms with E-state index in [1.165, 1.54) is 10.6 Å². The minimum absolute atomic E-state index is 0.136. The van der Waals surface area contributed by atoms with Gasteiger partial charge in [-0.15, -0.1) is 0 Å². The summed E-state index contributed by atoms with van der Waals surface area (Å²) in [6.45, 7) is 4.42. The molecule has 2 amide bonds. The Morgan fingerprint density at radius 3 is 2.30 bits per heavy atom. The molecule has 178 valence electrons. The van der Waals surface area contributed by atoms with Crippen molar-refractivity contribution in [2.45, 2.75) is 77.2 Å². The highest BCUT2D eigenvalue weighted by Gasteiger charge is 2.45. The van der Waals surface area contributed by atoms with Crippen LogP contribution in [0, 0.1) is 13.8 Å². The number of hydrogen-bond donors (Lipinski definition) is 3. The van der Waals surface area contributed by atoms with Crippen molar-refractivity contribution < 1.29 is 14.7 Å². The molecule has 0 atom stereocenters. The number of rotatable bonds is 9. The standard InChI is InChI=1S/C27H37N3O3/c1-20-18-23(31)19-21(2)24(20)13-14-25(32)30(28)27(15-7-4-8-16-27)26(33)29-17-9-12-22-10-5-3-6-11-22/h3,5-6,10-11,18-19,31H,4,7-9,12-17,28H2,1-2H3,(H,29,33). The van der Waals surface area contributed by atoms with Gasteiger partial charge in [0.15, 0.2) is 0 Å². The highest BCUT2D eigenvalue weighted by molar-refractivity contribution is 5.91.